The smallest absolute Gasteiger partial charge is 0.255 e. The van der Waals surface area contributed by atoms with Gasteiger partial charge < -0.3 is 10.3 Å². The second-order valence-electron chi connectivity index (χ2n) is 7.39. The van der Waals surface area contributed by atoms with Crippen molar-refractivity contribution in [1.29, 1.82) is 0 Å². The molecule has 0 bridgehead atoms. The van der Waals surface area contributed by atoms with Gasteiger partial charge in [-0.3, -0.25) is 4.99 Å². The highest BCUT2D eigenvalue weighted by molar-refractivity contribution is 6.02. The standard InChI is InChI=1S/C21H20N6O/c1-13-9-15(10-23-13)18-26-19(27-28-18)21(7-2-8-21)17-5-3-14(4-6-17)16-11-24-20(22)25-12-16/h3-6,9,11-12H,2,7-8,10H2,1H3,(H2,22,24,25). The van der Waals surface area contributed by atoms with E-state index in [1.54, 1.807) is 12.4 Å². The fraction of sp³-hybridized carbons (Fsp3) is 0.286. The van der Waals surface area contributed by atoms with E-state index < -0.39 is 0 Å². The summed E-state index contributed by atoms with van der Waals surface area (Å²) in [7, 11) is 0. The SMILES string of the molecule is CC1=NCC(c2nc(C3(c4ccc(-c5cnc(N)nc5)cc4)CCC3)no2)=C1. The molecule has 2 N–H and O–H groups in total. The first-order valence-electron chi connectivity index (χ1n) is 9.39. The minimum Gasteiger partial charge on any atom is -0.368 e. The molecule has 1 fully saturated rings. The summed E-state index contributed by atoms with van der Waals surface area (Å²) in [6.45, 7) is 2.59. The second-order valence-corrected chi connectivity index (χ2v) is 7.39. The topological polar surface area (TPSA) is 103 Å². The number of hydrogen-bond donors (Lipinski definition) is 1. The van der Waals surface area contributed by atoms with Crippen molar-refractivity contribution < 1.29 is 4.52 Å². The van der Waals surface area contributed by atoms with Crippen molar-refractivity contribution in [2.75, 3.05) is 12.3 Å². The molecule has 0 atom stereocenters. The molecule has 1 aromatic carbocycles. The van der Waals surface area contributed by atoms with Crippen LogP contribution in [0, 0.1) is 0 Å². The summed E-state index contributed by atoms with van der Waals surface area (Å²) in [6.07, 6.45) is 8.68. The largest absolute Gasteiger partial charge is 0.368 e. The number of hydrogen-bond acceptors (Lipinski definition) is 7. The molecular formula is C21H20N6O. The average Bonchev–Trinajstić information content (AvgIpc) is 3.32. The Morgan fingerprint density at radius 3 is 2.39 bits per heavy atom. The van der Waals surface area contributed by atoms with Crippen LogP contribution in [0.2, 0.25) is 0 Å². The molecule has 1 aliphatic carbocycles. The van der Waals surface area contributed by atoms with Crippen LogP contribution in [-0.4, -0.2) is 32.4 Å². The van der Waals surface area contributed by atoms with Crippen LogP contribution in [0.25, 0.3) is 16.7 Å². The Morgan fingerprint density at radius 2 is 1.79 bits per heavy atom. The summed E-state index contributed by atoms with van der Waals surface area (Å²) in [4.78, 5) is 17.2. The van der Waals surface area contributed by atoms with Gasteiger partial charge in [0.05, 0.1) is 12.0 Å². The number of nitrogens with two attached hydrogens (primary N) is 1. The van der Waals surface area contributed by atoms with E-state index in [0.29, 0.717) is 12.4 Å². The van der Waals surface area contributed by atoms with Crippen molar-refractivity contribution in [3.63, 3.8) is 0 Å². The maximum atomic E-state index is 5.57. The van der Waals surface area contributed by atoms with E-state index in [1.807, 2.05) is 13.0 Å². The molecule has 0 amide bonds. The highest BCUT2D eigenvalue weighted by atomic mass is 16.5. The first-order valence-corrected chi connectivity index (χ1v) is 9.39. The van der Waals surface area contributed by atoms with Crippen LogP contribution in [0.15, 0.2) is 52.3 Å². The molecule has 7 nitrogen and oxygen atoms in total. The number of aromatic nitrogens is 4. The predicted octanol–water partition coefficient (Wildman–Crippen LogP) is 3.44. The molecule has 0 spiro atoms. The van der Waals surface area contributed by atoms with Gasteiger partial charge in [-0.05, 0) is 37.0 Å². The Hall–Kier alpha value is -3.35. The Morgan fingerprint density at radius 1 is 1.04 bits per heavy atom. The lowest BCUT2D eigenvalue weighted by molar-refractivity contribution is 0.272. The van der Waals surface area contributed by atoms with Gasteiger partial charge in [0.25, 0.3) is 5.89 Å². The van der Waals surface area contributed by atoms with Crippen LogP contribution in [-0.2, 0) is 5.41 Å². The van der Waals surface area contributed by atoms with Crippen LogP contribution in [0.4, 0.5) is 5.95 Å². The summed E-state index contributed by atoms with van der Waals surface area (Å²) in [5.41, 5.74) is 10.6. The third-order valence-corrected chi connectivity index (χ3v) is 5.66. The quantitative estimate of drug-likeness (QED) is 0.752. The van der Waals surface area contributed by atoms with E-state index in [-0.39, 0.29) is 11.4 Å². The van der Waals surface area contributed by atoms with E-state index in [1.165, 1.54) is 5.56 Å². The lowest BCUT2D eigenvalue weighted by Gasteiger charge is -2.39. The predicted molar refractivity (Wildman–Crippen MR) is 107 cm³/mol. The lowest BCUT2D eigenvalue weighted by Crippen LogP contribution is -2.36. The zero-order valence-corrected chi connectivity index (χ0v) is 15.6. The van der Waals surface area contributed by atoms with E-state index in [9.17, 15) is 0 Å². The van der Waals surface area contributed by atoms with Gasteiger partial charge in [-0.1, -0.05) is 35.8 Å². The molecule has 2 aromatic heterocycles. The Labute approximate surface area is 162 Å². The third-order valence-electron chi connectivity index (χ3n) is 5.66. The minimum atomic E-state index is -0.174. The average molecular weight is 372 g/mol. The molecule has 7 heteroatoms. The minimum absolute atomic E-state index is 0.174. The van der Waals surface area contributed by atoms with Crippen molar-refractivity contribution in [1.82, 2.24) is 20.1 Å². The van der Waals surface area contributed by atoms with Gasteiger partial charge in [-0.25, -0.2) is 9.97 Å². The molecule has 3 aromatic rings. The zero-order valence-electron chi connectivity index (χ0n) is 15.6. The van der Waals surface area contributed by atoms with Gasteiger partial charge in [0, 0.05) is 29.2 Å². The van der Waals surface area contributed by atoms with Crippen molar-refractivity contribution in [2.45, 2.75) is 31.6 Å². The molecular weight excluding hydrogens is 352 g/mol. The van der Waals surface area contributed by atoms with E-state index in [0.717, 1.165) is 47.5 Å². The maximum absolute atomic E-state index is 5.57. The van der Waals surface area contributed by atoms with Crippen LogP contribution < -0.4 is 5.73 Å². The number of allylic oxidation sites excluding steroid dienone is 1. The Bertz CT molecular complexity index is 1070. The molecule has 0 saturated heterocycles. The van der Waals surface area contributed by atoms with Gasteiger partial charge in [0.15, 0.2) is 5.82 Å². The fourth-order valence-corrected chi connectivity index (χ4v) is 3.87. The van der Waals surface area contributed by atoms with Crippen LogP contribution in [0.3, 0.4) is 0 Å². The van der Waals surface area contributed by atoms with Crippen LogP contribution in [0.5, 0.6) is 0 Å². The highest BCUT2D eigenvalue weighted by Crippen LogP contribution is 2.48. The van der Waals surface area contributed by atoms with Crippen molar-refractivity contribution in [3.8, 4) is 11.1 Å². The number of nitrogens with zero attached hydrogens (tertiary/aromatic N) is 5. The van der Waals surface area contributed by atoms with Crippen LogP contribution >= 0.6 is 0 Å². The molecule has 5 rings (SSSR count). The van der Waals surface area contributed by atoms with Gasteiger partial charge in [-0.15, -0.1) is 0 Å². The van der Waals surface area contributed by atoms with Crippen molar-refractivity contribution in [3.05, 3.63) is 60.0 Å². The van der Waals surface area contributed by atoms with E-state index in [4.69, 9.17) is 15.2 Å². The first kappa shape index (κ1) is 16.8. The molecule has 2 aliphatic rings. The Balaban J connectivity index is 1.45. The molecule has 0 radical (unpaired) electrons. The maximum Gasteiger partial charge on any atom is 0.255 e. The normalized spacial score (nSPS) is 17.8. The highest BCUT2D eigenvalue weighted by Gasteiger charge is 2.44. The van der Waals surface area contributed by atoms with Gasteiger partial charge in [0.2, 0.25) is 5.95 Å². The number of aliphatic imine (C=N–C) groups is 1. The Kier molecular flexibility index (Phi) is 3.82. The molecule has 1 saturated carbocycles. The third kappa shape index (κ3) is 2.70. The summed E-state index contributed by atoms with van der Waals surface area (Å²) in [5, 5.41) is 4.33. The van der Waals surface area contributed by atoms with Gasteiger partial charge in [-0.2, -0.15) is 4.98 Å². The molecule has 3 heterocycles. The van der Waals surface area contributed by atoms with Crippen molar-refractivity contribution in [2.24, 2.45) is 4.99 Å². The summed E-state index contributed by atoms with van der Waals surface area (Å²) in [5.74, 6) is 1.62. The summed E-state index contributed by atoms with van der Waals surface area (Å²) >= 11 is 0. The molecule has 28 heavy (non-hydrogen) atoms. The van der Waals surface area contributed by atoms with Gasteiger partial charge in [0.1, 0.15) is 0 Å². The van der Waals surface area contributed by atoms with Gasteiger partial charge >= 0.3 is 0 Å². The zero-order chi connectivity index (χ0) is 19.1. The van der Waals surface area contributed by atoms with Crippen molar-refractivity contribution >= 4 is 17.2 Å². The van der Waals surface area contributed by atoms with E-state index >= 15 is 0 Å². The summed E-state index contributed by atoms with van der Waals surface area (Å²) < 4.78 is 5.57. The summed E-state index contributed by atoms with van der Waals surface area (Å²) in [6, 6.07) is 8.45. The molecule has 1 aliphatic heterocycles. The number of benzene rings is 1. The molecule has 140 valence electrons. The number of anilines is 1. The number of rotatable bonds is 4. The van der Waals surface area contributed by atoms with Crippen LogP contribution in [0.1, 0.15) is 43.5 Å². The fourth-order valence-electron chi connectivity index (χ4n) is 3.87. The monoisotopic (exact) mass is 372 g/mol. The van der Waals surface area contributed by atoms with E-state index in [2.05, 4.69) is 44.4 Å². The number of nitrogen functional groups attached to an aromatic ring is 1. The first-order chi connectivity index (χ1) is 13.6. The second kappa shape index (κ2) is 6.37. The molecule has 0 unspecified atom stereocenters. The lowest BCUT2D eigenvalue weighted by atomic mass is 9.64.